The SMILES string of the molecule is Cc1ccc(C2CCC(C(=O)N(C)c3ccc(N4CCC(N(C)C)C4)c(F)c3)CC2)cc1. The Morgan fingerprint density at radius 1 is 0.969 bits per heavy atom. The first-order chi connectivity index (χ1) is 15.3. The lowest BCUT2D eigenvalue weighted by Gasteiger charge is -2.31. The molecule has 2 fully saturated rings. The Morgan fingerprint density at radius 3 is 2.25 bits per heavy atom. The highest BCUT2D eigenvalue weighted by molar-refractivity contribution is 5.94. The van der Waals surface area contributed by atoms with Crippen molar-refractivity contribution in [3.05, 3.63) is 59.4 Å². The molecule has 2 aromatic rings. The molecule has 1 atom stereocenters. The number of benzene rings is 2. The van der Waals surface area contributed by atoms with Crippen LogP contribution in [0.5, 0.6) is 0 Å². The molecule has 2 aliphatic rings. The fourth-order valence-electron chi connectivity index (χ4n) is 5.26. The van der Waals surface area contributed by atoms with E-state index >= 15 is 0 Å². The molecular weight excluding hydrogens is 401 g/mol. The zero-order valence-electron chi connectivity index (χ0n) is 19.9. The minimum absolute atomic E-state index is 0.0175. The number of rotatable bonds is 5. The van der Waals surface area contributed by atoms with Crippen LogP contribution in [0.2, 0.25) is 0 Å². The van der Waals surface area contributed by atoms with Gasteiger partial charge >= 0.3 is 0 Å². The number of amides is 1. The zero-order valence-corrected chi connectivity index (χ0v) is 19.9. The van der Waals surface area contributed by atoms with E-state index in [1.165, 1.54) is 17.2 Å². The normalized spacial score (nSPS) is 23.6. The van der Waals surface area contributed by atoms with Crippen molar-refractivity contribution in [2.45, 2.75) is 51.0 Å². The van der Waals surface area contributed by atoms with Crippen LogP contribution in [0, 0.1) is 18.7 Å². The standard InChI is InChI=1S/C27H36FN3O/c1-19-5-7-20(8-6-19)21-9-11-22(12-10-21)27(32)30(4)23-13-14-26(25(28)17-23)31-16-15-24(18-31)29(2)3/h5-8,13-14,17,21-22,24H,9-12,15-16,18H2,1-4H3. The summed E-state index contributed by atoms with van der Waals surface area (Å²) in [5.41, 5.74) is 3.93. The van der Waals surface area contributed by atoms with Crippen LogP contribution < -0.4 is 9.80 Å². The Kier molecular flexibility index (Phi) is 6.85. The van der Waals surface area contributed by atoms with E-state index in [9.17, 15) is 9.18 Å². The summed E-state index contributed by atoms with van der Waals surface area (Å²) in [5, 5.41) is 0. The predicted octanol–water partition coefficient (Wildman–Crippen LogP) is 5.21. The Morgan fingerprint density at radius 2 is 1.66 bits per heavy atom. The van der Waals surface area contributed by atoms with E-state index in [0.717, 1.165) is 45.2 Å². The van der Waals surface area contributed by atoms with Gasteiger partial charge in [-0.25, -0.2) is 4.39 Å². The van der Waals surface area contributed by atoms with E-state index in [0.29, 0.717) is 23.3 Å². The minimum Gasteiger partial charge on any atom is -0.368 e. The van der Waals surface area contributed by atoms with E-state index in [4.69, 9.17) is 0 Å². The highest BCUT2D eigenvalue weighted by Gasteiger charge is 2.30. The molecule has 0 aromatic heterocycles. The van der Waals surface area contributed by atoms with Gasteiger partial charge in [0.1, 0.15) is 5.82 Å². The summed E-state index contributed by atoms with van der Waals surface area (Å²) in [6.45, 7) is 3.80. The van der Waals surface area contributed by atoms with Crippen molar-refractivity contribution in [1.82, 2.24) is 4.90 Å². The summed E-state index contributed by atoms with van der Waals surface area (Å²) in [6, 6.07) is 14.5. The lowest BCUT2D eigenvalue weighted by molar-refractivity contribution is -0.123. The van der Waals surface area contributed by atoms with Gasteiger partial charge in [-0.2, -0.15) is 0 Å². The molecule has 1 aliphatic carbocycles. The van der Waals surface area contributed by atoms with Gasteiger partial charge in [-0.15, -0.1) is 0 Å². The van der Waals surface area contributed by atoms with E-state index in [1.54, 1.807) is 11.9 Å². The molecule has 0 spiro atoms. The van der Waals surface area contributed by atoms with E-state index in [2.05, 4.69) is 55.1 Å². The molecule has 1 saturated carbocycles. The third kappa shape index (κ3) is 4.83. The fraction of sp³-hybridized carbons (Fsp3) is 0.519. The molecule has 1 amide bonds. The maximum atomic E-state index is 15.0. The zero-order chi connectivity index (χ0) is 22.8. The first-order valence-corrected chi connectivity index (χ1v) is 11.9. The Hall–Kier alpha value is -2.40. The molecule has 0 radical (unpaired) electrons. The second kappa shape index (κ2) is 9.62. The van der Waals surface area contributed by atoms with Crippen molar-refractivity contribution >= 4 is 17.3 Å². The van der Waals surface area contributed by atoms with Gasteiger partial charge in [0.2, 0.25) is 5.91 Å². The lowest BCUT2D eigenvalue weighted by atomic mass is 9.78. The molecule has 32 heavy (non-hydrogen) atoms. The number of carbonyl (C=O) groups is 1. The number of carbonyl (C=O) groups excluding carboxylic acids is 1. The number of nitrogens with zero attached hydrogens (tertiary/aromatic N) is 3. The minimum atomic E-state index is -0.246. The molecule has 2 aromatic carbocycles. The number of aryl methyl sites for hydroxylation is 1. The van der Waals surface area contributed by atoms with Gasteiger partial charge in [-0.3, -0.25) is 4.79 Å². The van der Waals surface area contributed by atoms with Gasteiger partial charge in [-0.05, 0) is 82.8 Å². The summed E-state index contributed by atoms with van der Waals surface area (Å²) >= 11 is 0. The molecule has 0 bridgehead atoms. The highest BCUT2D eigenvalue weighted by Crippen LogP contribution is 2.37. The van der Waals surface area contributed by atoms with Crippen LogP contribution in [0.3, 0.4) is 0 Å². The third-order valence-corrected chi connectivity index (χ3v) is 7.51. The monoisotopic (exact) mass is 437 g/mol. The predicted molar refractivity (Wildman–Crippen MR) is 130 cm³/mol. The van der Waals surface area contributed by atoms with Crippen molar-refractivity contribution in [2.24, 2.45) is 5.92 Å². The molecule has 1 heterocycles. The van der Waals surface area contributed by atoms with Crippen LogP contribution in [-0.4, -0.2) is 51.1 Å². The first-order valence-electron chi connectivity index (χ1n) is 11.9. The number of likely N-dealkylation sites (N-methyl/N-ethyl adjacent to an activating group) is 1. The third-order valence-electron chi connectivity index (χ3n) is 7.51. The largest absolute Gasteiger partial charge is 0.368 e. The molecule has 4 nitrogen and oxygen atoms in total. The lowest BCUT2D eigenvalue weighted by Crippen LogP contribution is -2.35. The second-order valence-corrected chi connectivity index (χ2v) is 9.84. The Balaban J connectivity index is 1.37. The van der Waals surface area contributed by atoms with Gasteiger partial charge < -0.3 is 14.7 Å². The van der Waals surface area contributed by atoms with Crippen LogP contribution in [0.25, 0.3) is 0 Å². The van der Waals surface area contributed by atoms with Gasteiger partial charge in [0, 0.05) is 37.8 Å². The van der Waals surface area contributed by atoms with Crippen molar-refractivity contribution in [3.63, 3.8) is 0 Å². The van der Waals surface area contributed by atoms with Gasteiger partial charge in [-0.1, -0.05) is 29.8 Å². The number of anilines is 2. The summed E-state index contributed by atoms with van der Waals surface area (Å²) in [6.07, 6.45) is 4.88. The number of hydrogen-bond acceptors (Lipinski definition) is 3. The Labute approximate surface area is 192 Å². The smallest absolute Gasteiger partial charge is 0.229 e. The van der Waals surface area contributed by atoms with Gasteiger partial charge in [0.15, 0.2) is 0 Å². The quantitative estimate of drug-likeness (QED) is 0.642. The molecule has 4 rings (SSSR count). The average molecular weight is 438 g/mol. The summed E-state index contributed by atoms with van der Waals surface area (Å²) < 4.78 is 15.0. The van der Waals surface area contributed by atoms with Crippen LogP contribution in [-0.2, 0) is 4.79 Å². The van der Waals surface area contributed by atoms with Crippen LogP contribution in [0.1, 0.15) is 49.1 Å². The van der Waals surface area contributed by atoms with Gasteiger partial charge in [0.05, 0.1) is 5.69 Å². The highest BCUT2D eigenvalue weighted by atomic mass is 19.1. The Bertz CT molecular complexity index is 934. The number of hydrogen-bond donors (Lipinski definition) is 0. The van der Waals surface area contributed by atoms with E-state index < -0.39 is 0 Å². The van der Waals surface area contributed by atoms with Crippen molar-refractivity contribution in [1.29, 1.82) is 0 Å². The van der Waals surface area contributed by atoms with Crippen LogP contribution >= 0.6 is 0 Å². The van der Waals surface area contributed by atoms with Crippen molar-refractivity contribution in [3.8, 4) is 0 Å². The van der Waals surface area contributed by atoms with E-state index in [-0.39, 0.29) is 17.6 Å². The van der Waals surface area contributed by atoms with E-state index in [1.807, 2.05) is 12.1 Å². The summed E-state index contributed by atoms with van der Waals surface area (Å²) in [7, 11) is 5.92. The summed E-state index contributed by atoms with van der Waals surface area (Å²) in [5.74, 6) is 0.412. The topological polar surface area (TPSA) is 26.8 Å². The maximum Gasteiger partial charge on any atom is 0.229 e. The molecule has 1 saturated heterocycles. The first kappa shape index (κ1) is 22.8. The molecule has 1 unspecified atom stereocenters. The fourth-order valence-corrected chi connectivity index (χ4v) is 5.26. The molecule has 5 heteroatoms. The van der Waals surface area contributed by atoms with Crippen molar-refractivity contribution < 1.29 is 9.18 Å². The number of halogens is 1. The molecule has 1 aliphatic heterocycles. The average Bonchev–Trinajstić information content (AvgIpc) is 3.29. The second-order valence-electron chi connectivity index (χ2n) is 9.84. The van der Waals surface area contributed by atoms with Gasteiger partial charge in [0.25, 0.3) is 0 Å². The van der Waals surface area contributed by atoms with Crippen molar-refractivity contribution in [2.75, 3.05) is 44.0 Å². The van der Waals surface area contributed by atoms with Crippen LogP contribution in [0.15, 0.2) is 42.5 Å². The van der Waals surface area contributed by atoms with Crippen LogP contribution in [0.4, 0.5) is 15.8 Å². The molecular formula is C27H36FN3O. The molecule has 172 valence electrons. The summed E-state index contributed by atoms with van der Waals surface area (Å²) in [4.78, 5) is 19.1. The molecule has 0 N–H and O–H groups in total. The maximum absolute atomic E-state index is 15.0.